The van der Waals surface area contributed by atoms with Crippen LogP contribution in [0.15, 0.2) is 24.3 Å². The summed E-state index contributed by atoms with van der Waals surface area (Å²) in [4.78, 5) is 48.1. The van der Waals surface area contributed by atoms with E-state index in [0.29, 0.717) is 18.0 Å². The van der Waals surface area contributed by atoms with Crippen molar-refractivity contribution in [3.8, 4) is 0 Å². The van der Waals surface area contributed by atoms with Gasteiger partial charge in [-0.1, -0.05) is 39.8 Å². The van der Waals surface area contributed by atoms with E-state index >= 15 is 0 Å². The lowest BCUT2D eigenvalue weighted by molar-refractivity contribution is -0.131. The van der Waals surface area contributed by atoms with Crippen molar-refractivity contribution in [3.05, 3.63) is 29.8 Å². The first-order valence-corrected chi connectivity index (χ1v) is 11.0. The van der Waals surface area contributed by atoms with E-state index in [0.717, 1.165) is 6.42 Å². The van der Waals surface area contributed by atoms with Gasteiger partial charge in [0.2, 0.25) is 17.7 Å². The number of rotatable bonds is 12. The minimum Gasteiger partial charge on any atom is -0.352 e. The van der Waals surface area contributed by atoms with Crippen LogP contribution in [0.5, 0.6) is 0 Å². The lowest BCUT2D eigenvalue weighted by Gasteiger charge is -2.25. The molecule has 1 unspecified atom stereocenters. The van der Waals surface area contributed by atoms with Crippen molar-refractivity contribution in [1.29, 1.82) is 0 Å². The van der Waals surface area contributed by atoms with Crippen LogP contribution >= 0.6 is 0 Å². The van der Waals surface area contributed by atoms with Crippen LogP contribution in [0.1, 0.15) is 53.0 Å². The number of primary amides is 1. The molecule has 5 amide bonds. The van der Waals surface area contributed by atoms with Gasteiger partial charge in [0.1, 0.15) is 12.1 Å². The third-order valence-electron chi connectivity index (χ3n) is 4.78. The minimum absolute atomic E-state index is 0.160. The predicted octanol–water partition coefficient (Wildman–Crippen LogP) is 1.92. The highest BCUT2D eigenvalue weighted by Crippen LogP contribution is 2.14. The molecule has 1 rings (SSSR count). The third-order valence-corrected chi connectivity index (χ3v) is 4.78. The van der Waals surface area contributed by atoms with E-state index in [1.807, 2.05) is 38.1 Å². The lowest BCUT2D eigenvalue weighted by Crippen LogP contribution is -2.54. The Morgan fingerprint density at radius 1 is 0.938 bits per heavy atom. The van der Waals surface area contributed by atoms with Crippen molar-refractivity contribution in [2.75, 3.05) is 11.9 Å². The van der Waals surface area contributed by atoms with Crippen molar-refractivity contribution in [1.82, 2.24) is 16.0 Å². The lowest BCUT2D eigenvalue weighted by atomic mass is 10.0. The predicted molar refractivity (Wildman–Crippen MR) is 125 cm³/mol. The number of amides is 5. The number of anilines is 1. The molecule has 6 N–H and O–H groups in total. The third kappa shape index (κ3) is 10.3. The average molecular weight is 448 g/mol. The van der Waals surface area contributed by atoms with Crippen LogP contribution in [-0.4, -0.2) is 42.4 Å². The Morgan fingerprint density at radius 2 is 1.56 bits per heavy atom. The van der Waals surface area contributed by atoms with Crippen LogP contribution in [0.25, 0.3) is 0 Å². The monoisotopic (exact) mass is 447 g/mol. The van der Waals surface area contributed by atoms with E-state index < -0.39 is 24.0 Å². The van der Waals surface area contributed by atoms with Crippen LogP contribution in [0.2, 0.25) is 0 Å². The highest BCUT2D eigenvalue weighted by Gasteiger charge is 2.28. The summed E-state index contributed by atoms with van der Waals surface area (Å²) in [6.45, 7) is 9.52. The summed E-state index contributed by atoms with van der Waals surface area (Å²) in [5.74, 6) is -0.772. The molecule has 2 atom stereocenters. The molecule has 0 aliphatic heterocycles. The molecule has 0 saturated carbocycles. The zero-order chi connectivity index (χ0) is 24.3. The van der Waals surface area contributed by atoms with Crippen molar-refractivity contribution in [2.24, 2.45) is 17.6 Å². The van der Waals surface area contributed by atoms with Crippen LogP contribution in [0, 0.1) is 11.8 Å². The second kappa shape index (κ2) is 13.3. The molecule has 9 heteroatoms. The zero-order valence-corrected chi connectivity index (χ0v) is 19.7. The Bertz CT molecular complexity index is 777. The van der Waals surface area contributed by atoms with Crippen molar-refractivity contribution in [2.45, 2.75) is 66.0 Å². The normalized spacial score (nSPS) is 12.7. The van der Waals surface area contributed by atoms with Crippen LogP contribution in [0.3, 0.4) is 0 Å². The first-order valence-electron chi connectivity index (χ1n) is 11.0. The number of hydrogen-bond acceptors (Lipinski definition) is 4. The van der Waals surface area contributed by atoms with Crippen LogP contribution < -0.4 is 27.0 Å². The summed E-state index contributed by atoms with van der Waals surface area (Å²) >= 11 is 0. The second-order valence-corrected chi connectivity index (χ2v) is 8.70. The molecule has 0 aromatic heterocycles. The number of carbonyl (C=O) groups excluding carboxylic acids is 4. The van der Waals surface area contributed by atoms with Gasteiger partial charge in [-0.2, -0.15) is 0 Å². The topological polar surface area (TPSA) is 142 Å². The maximum Gasteiger partial charge on any atom is 0.312 e. The van der Waals surface area contributed by atoms with Gasteiger partial charge < -0.3 is 27.0 Å². The molecule has 32 heavy (non-hydrogen) atoms. The molecule has 9 nitrogen and oxygen atoms in total. The molecule has 0 heterocycles. The number of hydrogen-bond donors (Lipinski definition) is 5. The number of carbonyl (C=O) groups is 4. The Hall–Kier alpha value is -3.10. The first-order chi connectivity index (χ1) is 15.0. The number of nitrogens with one attached hydrogen (secondary N) is 4. The maximum atomic E-state index is 12.9. The number of nitrogens with two attached hydrogens (primary N) is 1. The SMILES string of the molecule is CC(=O)NC(C(=O)N[C@@H](CCCNC(N)=O)C(=O)Nc1ccc(CC(C)C)cc1)C(C)C. The van der Waals surface area contributed by atoms with Gasteiger partial charge in [-0.15, -0.1) is 0 Å². The fourth-order valence-electron chi connectivity index (χ4n) is 3.23. The van der Waals surface area contributed by atoms with Crippen LogP contribution in [0.4, 0.5) is 10.5 Å². The van der Waals surface area contributed by atoms with Gasteiger partial charge in [0.05, 0.1) is 0 Å². The molecule has 1 aromatic carbocycles. The Kier molecular flexibility index (Phi) is 11.2. The van der Waals surface area contributed by atoms with Gasteiger partial charge in [-0.05, 0) is 48.8 Å². The molecule has 0 spiro atoms. The van der Waals surface area contributed by atoms with Gasteiger partial charge in [-0.3, -0.25) is 14.4 Å². The Labute approximate surface area is 190 Å². The Balaban J connectivity index is 2.88. The minimum atomic E-state index is -0.845. The summed E-state index contributed by atoms with van der Waals surface area (Å²) in [6.07, 6.45) is 1.66. The maximum absolute atomic E-state index is 12.9. The van der Waals surface area contributed by atoms with Crippen molar-refractivity contribution < 1.29 is 19.2 Å². The highest BCUT2D eigenvalue weighted by atomic mass is 16.2. The molecular weight excluding hydrogens is 410 g/mol. The molecule has 0 aliphatic carbocycles. The van der Waals surface area contributed by atoms with E-state index in [2.05, 4.69) is 35.1 Å². The summed E-state index contributed by atoms with van der Waals surface area (Å²) < 4.78 is 0. The average Bonchev–Trinajstić information content (AvgIpc) is 2.68. The summed E-state index contributed by atoms with van der Waals surface area (Å²) in [7, 11) is 0. The fourth-order valence-corrected chi connectivity index (χ4v) is 3.23. The van der Waals surface area contributed by atoms with E-state index in [1.54, 1.807) is 0 Å². The van der Waals surface area contributed by atoms with E-state index in [4.69, 9.17) is 5.73 Å². The van der Waals surface area contributed by atoms with Crippen molar-refractivity contribution >= 4 is 29.4 Å². The van der Waals surface area contributed by atoms with Gasteiger partial charge in [-0.25, -0.2) is 4.79 Å². The summed E-state index contributed by atoms with van der Waals surface area (Å²) in [5.41, 5.74) is 6.88. The molecule has 0 bridgehead atoms. The van der Waals surface area contributed by atoms with E-state index in [1.165, 1.54) is 12.5 Å². The smallest absolute Gasteiger partial charge is 0.312 e. The van der Waals surface area contributed by atoms with Crippen molar-refractivity contribution in [3.63, 3.8) is 0 Å². The van der Waals surface area contributed by atoms with Crippen LogP contribution in [-0.2, 0) is 20.8 Å². The summed E-state index contributed by atoms with van der Waals surface area (Å²) in [5, 5.41) is 10.7. The molecular formula is C23H37N5O4. The van der Waals surface area contributed by atoms with Gasteiger partial charge in [0.25, 0.3) is 0 Å². The van der Waals surface area contributed by atoms with E-state index in [-0.39, 0.29) is 30.7 Å². The molecule has 1 aromatic rings. The zero-order valence-electron chi connectivity index (χ0n) is 19.7. The van der Waals surface area contributed by atoms with E-state index in [9.17, 15) is 19.2 Å². The van der Waals surface area contributed by atoms with Gasteiger partial charge in [0.15, 0.2) is 0 Å². The molecule has 0 fully saturated rings. The largest absolute Gasteiger partial charge is 0.352 e. The standard InChI is InChI=1S/C23H37N5O4/c1-14(2)13-17-8-10-18(11-9-17)27-21(30)19(7-6-12-25-23(24)32)28-22(31)20(15(3)4)26-16(5)29/h8-11,14-15,19-20H,6-7,12-13H2,1-5H3,(H,26,29)(H,27,30)(H,28,31)(H3,24,25,32)/t19-,20?/m0/s1. The fraction of sp³-hybridized carbons (Fsp3) is 0.565. The second-order valence-electron chi connectivity index (χ2n) is 8.70. The quantitative estimate of drug-likeness (QED) is 0.312. The Morgan fingerprint density at radius 3 is 2.06 bits per heavy atom. The number of benzene rings is 1. The first kappa shape index (κ1) is 26.9. The molecule has 178 valence electrons. The highest BCUT2D eigenvalue weighted by molar-refractivity contribution is 5.98. The summed E-state index contributed by atoms with van der Waals surface area (Å²) in [6, 6.07) is 5.33. The van der Waals surface area contributed by atoms with Gasteiger partial charge >= 0.3 is 6.03 Å². The number of urea groups is 1. The molecule has 0 radical (unpaired) electrons. The molecule has 0 saturated heterocycles. The van der Waals surface area contributed by atoms with Gasteiger partial charge in [0, 0.05) is 19.2 Å². The molecule has 0 aliphatic rings.